The van der Waals surface area contributed by atoms with Gasteiger partial charge in [-0.2, -0.15) is 0 Å². The van der Waals surface area contributed by atoms with E-state index in [1.165, 1.54) is 0 Å². The quantitative estimate of drug-likeness (QED) is 0.317. The van der Waals surface area contributed by atoms with Crippen molar-refractivity contribution in [1.29, 1.82) is 0 Å². The molecule has 3 atom stereocenters. The van der Waals surface area contributed by atoms with Gasteiger partial charge in [-0.25, -0.2) is 9.78 Å². The fraction of sp³-hybridized carbons (Fsp3) is 0.475. The van der Waals surface area contributed by atoms with Gasteiger partial charge < -0.3 is 35.4 Å². The van der Waals surface area contributed by atoms with Crippen molar-refractivity contribution in [3.63, 3.8) is 0 Å². The molecular formula is C40H49N7O5. The smallest absolute Gasteiger partial charge is 0.320 e. The van der Waals surface area contributed by atoms with Gasteiger partial charge in [-0.15, -0.1) is 0 Å². The number of carbonyl (C=O) groups is 4. The number of nitrogens with one attached hydrogen (secondary N) is 3. The van der Waals surface area contributed by atoms with Crippen molar-refractivity contribution in [1.82, 2.24) is 25.0 Å². The first kappa shape index (κ1) is 35.6. The molecule has 3 aromatic rings. The van der Waals surface area contributed by atoms with E-state index < -0.39 is 5.41 Å². The number of morpholine rings is 1. The highest BCUT2D eigenvalue weighted by molar-refractivity contribution is 5.99. The number of nitrogens with zero attached hydrogens (tertiary/aromatic N) is 4. The van der Waals surface area contributed by atoms with Crippen LogP contribution in [0.4, 0.5) is 16.3 Å². The van der Waals surface area contributed by atoms with Crippen molar-refractivity contribution in [2.75, 3.05) is 63.6 Å². The molecule has 274 valence electrons. The maximum Gasteiger partial charge on any atom is 0.320 e. The molecule has 0 radical (unpaired) electrons. The van der Waals surface area contributed by atoms with Crippen LogP contribution < -0.4 is 16.0 Å². The fourth-order valence-corrected chi connectivity index (χ4v) is 8.46. The lowest BCUT2D eigenvalue weighted by molar-refractivity contribution is -0.146. The summed E-state index contributed by atoms with van der Waals surface area (Å²) in [6, 6.07) is 17.7. The van der Waals surface area contributed by atoms with Gasteiger partial charge in [-0.1, -0.05) is 50.2 Å². The molecule has 3 aliphatic heterocycles. The molecule has 2 saturated heterocycles. The molecule has 0 bridgehead atoms. The molecule has 0 saturated carbocycles. The average Bonchev–Trinajstić information content (AvgIpc) is 3.50. The third kappa shape index (κ3) is 7.14. The third-order valence-electron chi connectivity index (χ3n) is 11.5. The summed E-state index contributed by atoms with van der Waals surface area (Å²) in [5.41, 5.74) is 4.93. The van der Waals surface area contributed by atoms with E-state index in [1.807, 2.05) is 78.4 Å². The lowest BCUT2D eigenvalue weighted by atomic mass is 9.79. The zero-order valence-corrected chi connectivity index (χ0v) is 30.3. The van der Waals surface area contributed by atoms with Crippen LogP contribution >= 0.6 is 0 Å². The summed E-state index contributed by atoms with van der Waals surface area (Å²) in [5, 5.41) is 9.30. The van der Waals surface area contributed by atoms with Gasteiger partial charge in [0, 0.05) is 56.6 Å². The summed E-state index contributed by atoms with van der Waals surface area (Å²) in [4.78, 5) is 64.9. The van der Waals surface area contributed by atoms with Crippen LogP contribution in [-0.2, 0) is 38.6 Å². The molecule has 1 aliphatic carbocycles. The minimum Gasteiger partial charge on any atom is -0.378 e. The number of fused-ring (bicyclic) bond motifs is 4. The number of anilines is 2. The molecule has 12 heteroatoms. The van der Waals surface area contributed by atoms with Crippen LogP contribution in [0.2, 0.25) is 0 Å². The molecular weight excluding hydrogens is 658 g/mol. The molecule has 2 fully saturated rings. The normalized spacial score (nSPS) is 22.0. The van der Waals surface area contributed by atoms with Crippen molar-refractivity contribution < 1.29 is 23.9 Å². The number of likely N-dealkylation sites (tertiary alicyclic amines) is 1. The Kier molecular flexibility index (Phi) is 10.3. The molecule has 2 aromatic carbocycles. The Hall–Kier alpha value is -4.81. The topological polar surface area (TPSA) is 136 Å². The van der Waals surface area contributed by atoms with Crippen molar-refractivity contribution in [3.05, 3.63) is 88.6 Å². The average molecular weight is 708 g/mol. The SMILES string of the molecule is CNCc1ccccc1CN(CC(=O)Nc1ccc2c(c1)C1C(=O)Nc3ncccc3[C@@H](C)[C@H]1C2)C(=O)C1(C)CCN(C(=O)N2CCOCC2)CC1. The number of rotatable bonds is 8. The Morgan fingerprint density at radius 1 is 0.981 bits per heavy atom. The molecule has 4 aliphatic rings. The Bertz CT molecular complexity index is 1830. The van der Waals surface area contributed by atoms with Crippen LogP contribution in [0.5, 0.6) is 0 Å². The summed E-state index contributed by atoms with van der Waals surface area (Å²) in [6.45, 7) is 8.04. The van der Waals surface area contributed by atoms with Gasteiger partial charge in [0.05, 0.1) is 19.1 Å². The highest BCUT2D eigenvalue weighted by atomic mass is 16.5. The van der Waals surface area contributed by atoms with E-state index in [1.54, 1.807) is 11.1 Å². The second kappa shape index (κ2) is 15.0. The number of pyridine rings is 1. The number of hydrogen-bond donors (Lipinski definition) is 3. The molecule has 12 nitrogen and oxygen atoms in total. The van der Waals surface area contributed by atoms with E-state index in [2.05, 4.69) is 27.9 Å². The predicted octanol–water partition coefficient (Wildman–Crippen LogP) is 4.33. The van der Waals surface area contributed by atoms with Crippen molar-refractivity contribution in [2.24, 2.45) is 11.3 Å². The van der Waals surface area contributed by atoms with Gasteiger partial charge in [0.2, 0.25) is 17.7 Å². The van der Waals surface area contributed by atoms with Crippen LogP contribution in [-0.4, -0.2) is 96.4 Å². The monoisotopic (exact) mass is 707 g/mol. The highest BCUT2D eigenvalue weighted by Crippen LogP contribution is 2.49. The second-order valence-electron chi connectivity index (χ2n) is 14.9. The summed E-state index contributed by atoms with van der Waals surface area (Å²) < 4.78 is 5.42. The van der Waals surface area contributed by atoms with E-state index in [0.29, 0.717) is 70.3 Å². The van der Waals surface area contributed by atoms with Crippen molar-refractivity contribution in [2.45, 2.75) is 58.0 Å². The first-order valence-corrected chi connectivity index (χ1v) is 18.5. The molecule has 0 spiro atoms. The predicted molar refractivity (Wildman–Crippen MR) is 198 cm³/mol. The maximum atomic E-state index is 14.5. The largest absolute Gasteiger partial charge is 0.378 e. The minimum absolute atomic E-state index is 0.00677. The van der Waals surface area contributed by atoms with Gasteiger partial charge in [-0.05, 0) is 84.2 Å². The number of aromatic nitrogens is 1. The number of ether oxygens (including phenoxy) is 1. The number of amides is 5. The standard InChI is InChI=1S/C40H49N7O5/c1-26-31-9-6-14-42-36(31)44-37(49)35-32(26)21-27-10-11-30(22-33(27)35)43-34(48)25-47(24-29-8-5-4-7-28(29)23-41-3)38(50)40(2)12-15-45(16-13-40)39(51)46-17-19-52-20-18-46/h4-11,14,22,26,32,35,41H,12-13,15-21,23-25H2,1-3H3,(H,43,48)(H,42,44,49)/t26-,32-,35?/m1/s1. The van der Waals surface area contributed by atoms with Gasteiger partial charge in [0.15, 0.2) is 0 Å². The lowest BCUT2D eigenvalue weighted by Crippen LogP contribution is -2.54. The fourth-order valence-electron chi connectivity index (χ4n) is 8.46. The van der Waals surface area contributed by atoms with Gasteiger partial charge in [-0.3, -0.25) is 14.4 Å². The molecule has 4 heterocycles. The van der Waals surface area contributed by atoms with Crippen molar-refractivity contribution in [3.8, 4) is 0 Å². The van der Waals surface area contributed by atoms with Gasteiger partial charge in [0.25, 0.3) is 0 Å². The highest BCUT2D eigenvalue weighted by Gasteiger charge is 2.44. The van der Waals surface area contributed by atoms with Crippen LogP contribution in [0, 0.1) is 11.3 Å². The van der Waals surface area contributed by atoms with Crippen LogP contribution in [0.3, 0.4) is 0 Å². The van der Waals surface area contributed by atoms with Crippen molar-refractivity contribution >= 4 is 35.3 Å². The Balaban J connectivity index is 1.08. The lowest BCUT2D eigenvalue weighted by Gasteiger charge is -2.42. The second-order valence-corrected chi connectivity index (χ2v) is 14.9. The molecule has 5 amide bonds. The van der Waals surface area contributed by atoms with E-state index in [-0.39, 0.29) is 54.6 Å². The van der Waals surface area contributed by atoms with Gasteiger partial charge >= 0.3 is 6.03 Å². The number of carbonyl (C=O) groups excluding carboxylic acids is 4. The zero-order chi connectivity index (χ0) is 36.4. The Labute approximate surface area is 305 Å². The van der Waals surface area contributed by atoms with Crippen LogP contribution in [0.25, 0.3) is 0 Å². The third-order valence-corrected chi connectivity index (χ3v) is 11.5. The molecule has 52 heavy (non-hydrogen) atoms. The van der Waals surface area contributed by atoms with E-state index >= 15 is 0 Å². The number of hydrogen-bond acceptors (Lipinski definition) is 7. The van der Waals surface area contributed by atoms with E-state index in [4.69, 9.17) is 4.74 Å². The molecule has 3 N–H and O–H groups in total. The Morgan fingerprint density at radius 2 is 1.71 bits per heavy atom. The van der Waals surface area contributed by atoms with Crippen LogP contribution in [0.1, 0.15) is 66.3 Å². The maximum absolute atomic E-state index is 14.5. The summed E-state index contributed by atoms with van der Waals surface area (Å²) in [7, 11) is 1.88. The Morgan fingerprint density at radius 3 is 2.46 bits per heavy atom. The zero-order valence-electron chi connectivity index (χ0n) is 30.3. The van der Waals surface area contributed by atoms with Gasteiger partial charge in [0.1, 0.15) is 12.4 Å². The number of benzene rings is 2. The molecule has 1 aromatic heterocycles. The number of urea groups is 1. The molecule has 7 rings (SSSR count). The first-order valence-electron chi connectivity index (χ1n) is 18.5. The number of piperidine rings is 1. The van der Waals surface area contributed by atoms with E-state index in [0.717, 1.165) is 34.2 Å². The minimum atomic E-state index is -0.738. The van der Waals surface area contributed by atoms with E-state index in [9.17, 15) is 19.2 Å². The summed E-state index contributed by atoms with van der Waals surface area (Å²) in [6.07, 6.45) is 3.47. The van der Waals surface area contributed by atoms with Crippen LogP contribution in [0.15, 0.2) is 60.8 Å². The first-order chi connectivity index (χ1) is 25.1. The molecule has 1 unspecified atom stereocenters. The summed E-state index contributed by atoms with van der Waals surface area (Å²) >= 11 is 0. The summed E-state index contributed by atoms with van der Waals surface area (Å²) in [5.74, 6) is -0.0485.